The largest absolute Gasteiger partial charge is 0.468 e. The third kappa shape index (κ3) is 3.16. The molecule has 1 N–H and O–H groups in total. The molecule has 0 radical (unpaired) electrons. The molecule has 1 fully saturated rings. The van der Waals surface area contributed by atoms with Gasteiger partial charge in [-0.1, -0.05) is 0 Å². The van der Waals surface area contributed by atoms with Gasteiger partial charge in [-0.15, -0.1) is 0 Å². The van der Waals surface area contributed by atoms with E-state index >= 15 is 0 Å². The molecule has 0 bridgehead atoms. The Kier molecular flexibility index (Phi) is 4.23. The molecule has 3 rings (SSSR count). The molecule has 0 spiro atoms. The zero-order valence-corrected chi connectivity index (χ0v) is 13.5. The first-order chi connectivity index (χ1) is 11.0. The number of furan rings is 1. The molecule has 0 aliphatic carbocycles. The van der Waals surface area contributed by atoms with E-state index in [1.54, 1.807) is 30.5 Å². The van der Waals surface area contributed by atoms with Crippen molar-refractivity contribution in [1.82, 2.24) is 4.31 Å². The van der Waals surface area contributed by atoms with Crippen LogP contribution in [0.2, 0.25) is 0 Å². The summed E-state index contributed by atoms with van der Waals surface area (Å²) < 4.78 is 32.6. The SMILES string of the molecule is CC(=O)Nc1ccc(S(=O)(=O)N2CCCC2c2ccco2)cc1. The van der Waals surface area contributed by atoms with Crippen LogP contribution in [0.15, 0.2) is 52.0 Å². The lowest BCUT2D eigenvalue weighted by molar-refractivity contribution is -0.114. The van der Waals surface area contributed by atoms with Crippen molar-refractivity contribution in [3.05, 3.63) is 48.4 Å². The quantitative estimate of drug-likeness (QED) is 0.932. The van der Waals surface area contributed by atoms with Gasteiger partial charge in [0, 0.05) is 19.2 Å². The smallest absolute Gasteiger partial charge is 0.243 e. The fraction of sp³-hybridized carbons (Fsp3) is 0.312. The van der Waals surface area contributed by atoms with Crippen LogP contribution in [-0.2, 0) is 14.8 Å². The Labute approximate surface area is 135 Å². The lowest BCUT2D eigenvalue weighted by Crippen LogP contribution is -2.30. The van der Waals surface area contributed by atoms with Gasteiger partial charge in [-0.05, 0) is 49.2 Å². The maximum absolute atomic E-state index is 12.9. The second-order valence-electron chi connectivity index (χ2n) is 5.49. The zero-order valence-electron chi connectivity index (χ0n) is 12.7. The summed E-state index contributed by atoms with van der Waals surface area (Å²) in [7, 11) is -3.60. The highest BCUT2D eigenvalue weighted by atomic mass is 32.2. The molecule has 6 nitrogen and oxygen atoms in total. The molecule has 1 aliphatic rings. The minimum absolute atomic E-state index is 0.196. The number of benzene rings is 1. The van der Waals surface area contributed by atoms with Gasteiger partial charge in [0.25, 0.3) is 0 Å². The van der Waals surface area contributed by atoms with Gasteiger partial charge < -0.3 is 9.73 Å². The van der Waals surface area contributed by atoms with Crippen molar-refractivity contribution in [2.24, 2.45) is 0 Å². The Morgan fingerprint density at radius 1 is 1.26 bits per heavy atom. The first-order valence-corrected chi connectivity index (χ1v) is 8.85. The van der Waals surface area contributed by atoms with E-state index < -0.39 is 10.0 Å². The molecule has 1 aromatic carbocycles. The van der Waals surface area contributed by atoms with Gasteiger partial charge in [0.2, 0.25) is 15.9 Å². The molecule has 1 amide bonds. The van der Waals surface area contributed by atoms with Gasteiger partial charge in [0.15, 0.2) is 0 Å². The summed E-state index contributed by atoms with van der Waals surface area (Å²) in [5, 5.41) is 2.62. The van der Waals surface area contributed by atoms with Crippen LogP contribution in [-0.4, -0.2) is 25.2 Å². The second kappa shape index (κ2) is 6.17. The monoisotopic (exact) mass is 334 g/mol. The van der Waals surface area contributed by atoms with Crippen LogP contribution in [0.4, 0.5) is 5.69 Å². The summed E-state index contributed by atoms with van der Waals surface area (Å²) in [5.41, 5.74) is 0.570. The Morgan fingerprint density at radius 2 is 2.00 bits per heavy atom. The Morgan fingerprint density at radius 3 is 2.61 bits per heavy atom. The van der Waals surface area contributed by atoms with Crippen LogP contribution in [0, 0.1) is 0 Å². The second-order valence-corrected chi connectivity index (χ2v) is 7.39. The number of nitrogens with one attached hydrogen (secondary N) is 1. The number of carbonyl (C=O) groups excluding carboxylic acids is 1. The van der Waals surface area contributed by atoms with Crippen molar-refractivity contribution in [3.63, 3.8) is 0 Å². The van der Waals surface area contributed by atoms with E-state index in [-0.39, 0.29) is 16.8 Å². The summed E-state index contributed by atoms with van der Waals surface area (Å²) in [6.45, 7) is 1.88. The predicted molar refractivity (Wildman–Crippen MR) is 85.3 cm³/mol. The Hall–Kier alpha value is -2.12. The third-order valence-electron chi connectivity index (χ3n) is 3.86. The Balaban J connectivity index is 1.87. The number of anilines is 1. The highest BCUT2D eigenvalue weighted by Crippen LogP contribution is 2.36. The van der Waals surface area contributed by atoms with E-state index in [0.717, 1.165) is 12.8 Å². The minimum atomic E-state index is -3.60. The normalized spacial score (nSPS) is 18.9. The van der Waals surface area contributed by atoms with Gasteiger partial charge in [-0.25, -0.2) is 8.42 Å². The highest BCUT2D eigenvalue weighted by molar-refractivity contribution is 7.89. The lowest BCUT2D eigenvalue weighted by atomic mass is 10.2. The molecule has 1 saturated heterocycles. The van der Waals surface area contributed by atoms with Crippen molar-refractivity contribution in [3.8, 4) is 0 Å². The fourth-order valence-electron chi connectivity index (χ4n) is 2.84. The van der Waals surface area contributed by atoms with Gasteiger partial charge in [-0.2, -0.15) is 4.31 Å². The minimum Gasteiger partial charge on any atom is -0.468 e. The van der Waals surface area contributed by atoms with Crippen LogP contribution in [0.25, 0.3) is 0 Å². The molecule has 1 aliphatic heterocycles. The number of sulfonamides is 1. The molecular formula is C16H18N2O4S. The summed E-state index contributed by atoms with van der Waals surface area (Å²) in [4.78, 5) is 11.2. The summed E-state index contributed by atoms with van der Waals surface area (Å²) in [6.07, 6.45) is 3.10. The molecule has 2 aromatic rings. The number of hydrogen-bond acceptors (Lipinski definition) is 4. The van der Waals surface area contributed by atoms with E-state index in [1.165, 1.54) is 23.4 Å². The number of hydrogen-bond donors (Lipinski definition) is 1. The van der Waals surface area contributed by atoms with Crippen molar-refractivity contribution < 1.29 is 17.6 Å². The fourth-order valence-corrected chi connectivity index (χ4v) is 4.51. The van der Waals surface area contributed by atoms with E-state index in [9.17, 15) is 13.2 Å². The molecule has 2 heterocycles. The van der Waals surface area contributed by atoms with Crippen LogP contribution in [0.1, 0.15) is 31.6 Å². The highest BCUT2D eigenvalue weighted by Gasteiger charge is 2.37. The van der Waals surface area contributed by atoms with Crippen LogP contribution < -0.4 is 5.32 Å². The van der Waals surface area contributed by atoms with E-state index in [1.807, 2.05) is 0 Å². The molecular weight excluding hydrogens is 316 g/mol. The lowest BCUT2D eigenvalue weighted by Gasteiger charge is -2.22. The maximum Gasteiger partial charge on any atom is 0.243 e. The summed E-state index contributed by atoms with van der Waals surface area (Å²) in [6, 6.07) is 9.51. The van der Waals surface area contributed by atoms with Crippen molar-refractivity contribution in [2.45, 2.75) is 30.7 Å². The standard InChI is InChI=1S/C16H18N2O4S/c1-12(19)17-13-6-8-14(9-7-13)23(20,21)18-10-2-4-15(18)16-5-3-11-22-16/h3,5-9,11,15H,2,4,10H2,1H3,(H,17,19). The number of nitrogens with zero attached hydrogens (tertiary/aromatic N) is 1. The van der Waals surface area contributed by atoms with Crippen molar-refractivity contribution in [2.75, 3.05) is 11.9 Å². The van der Waals surface area contributed by atoms with Gasteiger partial charge >= 0.3 is 0 Å². The number of carbonyl (C=O) groups is 1. The third-order valence-corrected chi connectivity index (χ3v) is 5.78. The topological polar surface area (TPSA) is 79.6 Å². The van der Waals surface area contributed by atoms with Crippen molar-refractivity contribution >= 4 is 21.6 Å². The summed E-state index contributed by atoms with van der Waals surface area (Å²) >= 11 is 0. The maximum atomic E-state index is 12.9. The van der Waals surface area contributed by atoms with Gasteiger partial charge in [0.05, 0.1) is 17.2 Å². The predicted octanol–water partition coefficient (Wildman–Crippen LogP) is 2.76. The average Bonchev–Trinajstić information content (AvgIpc) is 3.18. The zero-order chi connectivity index (χ0) is 16.4. The molecule has 1 aromatic heterocycles. The molecule has 1 unspecified atom stereocenters. The summed E-state index contributed by atoms with van der Waals surface area (Å²) in [5.74, 6) is 0.471. The number of amides is 1. The van der Waals surface area contributed by atoms with Crippen LogP contribution in [0.5, 0.6) is 0 Å². The van der Waals surface area contributed by atoms with Gasteiger partial charge in [0.1, 0.15) is 5.76 Å². The van der Waals surface area contributed by atoms with Crippen molar-refractivity contribution in [1.29, 1.82) is 0 Å². The van der Waals surface area contributed by atoms with E-state index in [2.05, 4.69) is 5.32 Å². The van der Waals surface area contributed by atoms with Crippen LogP contribution in [0.3, 0.4) is 0 Å². The van der Waals surface area contributed by atoms with Gasteiger partial charge in [-0.3, -0.25) is 4.79 Å². The first kappa shape index (κ1) is 15.8. The average molecular weight is 334 g/mol. The molecule has 7 heteroatoms. The molecule has 1 atom stereocenters. The van der Waals surface area contributed by atoms with E-state index in [4.69, 9.17) is 4.42 Å². The Bertz CT molecular complexity index is 782. The number of rotatable bonds is 4. The molecule has 0 saturated carbocycles. The van der Waals surface area contributed by atoms with Crippen LogP contribution >= 0.6 is 0 Å². The molecule has 122 valence electrons. The molecule has 23 heavy (non-hydrogen) atoms. The first-order valence-electron chi connectivity index (χ1n) is 7.41. The van der Waals surface area contributed by atoms with E-state index in [0.29, 0.717) is 18.0 Å².